The number of carbonyl (C=O) groups excluding carboxylic acids is 2. The Kier molecular flexibility index (Phi) is 13.5. The molecular formula is C46H80N2O5. The minimum atomic E-state index is -0.880. The molecule has 1 saturated heterocycles. The number of fused-ring (bicyclic) bond motifs is 7. The van der Waals surface area contributed by atoms with E-state index in [1.807, 2.05) is 41.5 Å². The molecule has 6 aliphatic rings. The number of allylic oxidation sites excluding steroid dienone is 1. The van der Waals surface area contributed by atoms with Crippen LogP contribution in [-0.4, -0.2) is 48.2 Å². The average Bonchev–Trinajstić information content (AvgIpc) is 3.72. The van der Waals surface area contributed by atoms with Gasteiger partial charge in [-0.1, -0.05) is 88.3 Å². The Hall–Kier alpha value is -1.89. The van der Waals surface area contributed by atoms with Gasteiger partial charge in [0.2, 0.25) is 5.91 Å². The Balaban J connectivity index is 0.00000152. The summed E-state index contributed by atoms with van der Waals surface area (Å²) in [7, 11) is 0. The zero-order valence-corrected chi connectivity index (χ0v) is 36.1. The van der Waals surface area contributed by atoms with E-state index in [4.69, 9.17) is 4.74 Å². The largest absolute Gasteiger partial charge is 0.481 e. The lowest BCUT2D eigenvalue weighted by atomic mass is 9.32. The monoisotopic (exact) mass is 741 g/mol. The van der Waals surface area contributed by atoms with Gasteiger partial charge in [0.25, 0.3) is 0 Å². The van der Waals surface area contributed by atoms with Crippen molar-refractivity contribution in [3.8, 4) is 0 Å². The first kappa shape index (κ1) is 43.8. The minimum absolute atomic E-state index is 0.0443. The van der Waals surface area contributed by atoms with Crippen LogP contribution in [0.4, 0.5) is 0 Å². The predicted octanol–water partition coefficient (Wildman–Crippen LogP) is 10.4. The zero-order chi connectivity index (χ0) is 39.8. The van der Waals surface area contributed by atoms with Gasteiger partial charge in [0.15, 0.2) is 0 Å². The van der Waals surface area contributed by atoms with Crippen LogP contribution in [0.2, 0.25) is 0 Å². The second kappa shape index (κ2) is 16.3. The lowest BCUT2D eigenvalue weighted by molar-refractivity contribution is -0.250. The summed E-state index contributed by atoms with van der Waals surface area (Å²) < 4.78 is 6.27. The fourth-order valence-corrected chi connectivity index (χ4v) is 14.2. The number of carboxylic acids is 1. The molecule has 5 saturated carbocycles. The lowest BCUT2D eigenvalue weighted by Gasteiger charge is -2.73. The van der Waals surface area contributed by atoms with Crippen molar-refractivity contribution in [2.24, 2.45) is 62.1 Å². The van der Waals surface area contributed by atoms with Gasteiger partial charge in [-0.05, 0) is 141 Å². The number of esters is 1. The van der Waals surface area contributed by atoms with Crippen LogP contribution in [0.15, 0.2) is 12.2 Å². The first-order valence-corrected chi connectivity index (χ1v) is 21.8. The maximum Gasteiger partial charge on any atom is 0.306 e. The van der Waals surface area contributed by atoms with Crippen molar-refractivity contribution in [3.05, 3.63) is 12.2 Å². The molecule has 11 atom stereocenters. The number of rotatable bonds is 9. The third-order valence-electron chi connectivity index (χ3n) is 16.6. The number of aliphatic carboxylic acids is 1. The van der Waals surface area contributed by atoms with Gasteiger partial charge < -0.3 is 20.5 Å². The van der Waals surface area contributed by atoms with Crippen LogP contribution in [0, 0.1) is 62.1 Å². The Morgan fingerprint density at radius 3 is 2.11 bits per heavy atom. The van der Waals surface area contributed by atoms with E-state index >= 15 is 0 Å². The summed E-state index contributed by atoms with van der Waals surface area (Å²) in [6, 6.07) is 0.270. The van der Waals surface area contributed by atoms with Gasteiger partial charge in [-0.25, -0.2) is 0 Å². The minimum Gasteiger partial charge on any atom is -0.481 e. The van der Waals surface area contributed by atoms with Gasteiger partial charge in [-0.2, -0.15) is 0 Å². The van der Waals surface area contributed by atoms with E-state index in [0.717, 1.165) is 51.6 Å². The average molecular weight is 741 g/mol. The highest BCUT2D eigenvalue weighted by atomic mass is 16.5. The predicted molar refractivity (Wildman–Crippen MR) is 216 cm³/mol. The van der Waals surface area contributed by atoms with Gasteiger partial charge in [0.1, 0.15) is 6.10 Å². The highest BCUT2D eigenvalue weighted by Crippen LogP contribution is 2.78. The summed E-state index contributed by atoms with van der Waals surface area (Å²) in [4.78, 5) is 38.2. The SMILES string of the molecule is C=C(C)[C@@H]1CC[C@]2(CC(=O)N[C@H]3CCNC3)CC[C@]3(C)[C@H](CCC4[C@@]5(C)CC[C@H](OC(=O)CC(C)(C)CC(=O)O)C(C)(C)C5CC[C@]43C)C12.CC.CC. The molecule has 0 bridgehead atoms. The van der Waals surface area contributed by atoms with Crippen molar-refractivity contribution >= 4 is 17.8 Å². The van der Waals surface area contributed by atoms with Crippen molar-refractivity contribution in [2.75, 3.05) is 13.1 Å². The van der Waals surface area contributed by atoms with E-state index in [2.05, 4.69) is 58.8 Å². The number of nitrogens with one attached hydrogen (secondary N) is 2. The topological polar surface area (TPSA) is 105 Å². The van der Waals surface area contributed by atoms with Gasteiger partial charge in [0, 0.05) is 24.4 Å². The number of hydrogen-bond donors (Lipinski definition) is 3. The summed E-state index contributed by atoms with van der Waals surface area (Å²) in [6.07, 6.45) is 13.1. The summed E-state index contributed by atoms with van der Waals surface area (Å²) >= 11 is 0. The highest BCUT2D eigenvalue weighted by Gasteiger charge is 2.71. The molecule has 5 aliphatic carbocycles. The molecule has 0 aromatic rings. The van der Waals surface area contributed by atoms with Crippen LogP contribution in [0.1, 0.15) is 173 Å². The van der Waals surface area contributed by atoms with E-state index in [-0.39, 0.29) is 63.9 Å². The van der Waals surface area contributed by atoms with Crippen LogP contribution >= 0.6 is 0 Å². The van der Waals surface area contributed by atoms with E-state index in [1.54, 1.807) is 0 Å². The zero-order valence-electron chi connectivity index (χ0n) is 36.1. The summed E-state index contributed by atoms with van der Waals surface area (Å²) in [5.41, 5.74) is 1.22. The molecule has 0 aromatic heterocycles. The molecule has 7 nitrogen and oxygen atoms in total. The van der Waals surface area contributed by atoms with Crippen molar-refractivity contribution in [3.63, 3.8) is 0 Å². The number of hydrogen-bond acceptors (Lipinski definition) is 5. The van der Waals surface area contributed by atoms with Crippen LogP contribution in [0.25, 0.3) is 0 Å². The van der Waals surface area contributed by atoms with Crippen molar-refractivity contribution < 1.29 is 24.2 Å². The number of carbonyl (C=O) groups is 3. The van der Waals surface area contributed by atoms with Gasteiger partial charge in [-0.15, -0.1) is 0 Å². The highest BCUT2D eigenvalue weighted by molar-refractivity contribution is 5.77. The Morgan fingerprint density at radius 1 is 0.830 bits per heavy atom. The Labute approximate surface area is 324 Å². The molecule has 0 radical (unpaired) electrons. The van der Waals surface area contributed by atoms with Crippen molar-refractivity contribution in [1.29, 1.82) is 0 Å². The van der Waals surface area contributed by atoms with E-state index in [1.165, 1.54) is 37.7 Å². The molecule has 3 N–H and O–H groups in total. The van der Waals surface area contributed by atoms with Crippen molar-refractivity contribution in [1.82, 2.24) is 10.6 Å². The van der Waals surface area contributed by atoms with Gasteiger partial charge in [0.05, 0.1) is 12.8 Å². The van der Waals surface area contributed by atoms with E-state index in [0.29, 0.717) is 36.0 Å². The molecule has 0 aromatic carbocycles. The Morgan fingerprint density at radius 2 is 1.51 bits per heavy atom. The maximum atomic E-state index is 13.7. The molecule has 6 rings (SSSR count). The van der Waals surface area contributed by atoms with E-state index in [9.17, 15) is 19.5 Å². The molecule has 53 heavy (non-hydrogen) atoms. The second-order valence-corrected chi connectivity index (χ2v) is 20.2. The molecular weight excluding hydrogens is 661 g/mol. The third kappa shape index (κ3) is 7.91. The molecule has 1 aliphatic heterocycles. The molecule has 7 heteroatoms. The molecule has 304 valence electrons. The van der Waals surface area contributed by atoms with Crippen LogP contribution in [0.3, 0.4) is 0 Å². The van der Waals surface area contributed by atoms with Crippen molar-refractivity contribution in [2.45, 2.75) is 185 Å². The van der Waals surface area contributed by atoms with Crippen LogP contribution in [-0.2, 0) is 19.1 Å². The quantitative estimate of drug-likeness (QED) is 0.161. The standard InChI is InChI=1S/C42H68N2O5.2C2H6/c1-26(2)28-12-18-42(22-33(45)44-27-15-21-43-25-27)20-19-40(8)29(36(28)42)10-11-31-39(7)16-14-32(38(5,6)30(39)13-17-41(31,40)9)49-35(48)24-37(3,4)23-34(46)47;2*1-2/h27-32,36,43H,1,10-25H2,2-9H3,(H,44,45)(H,46,47);2*1-2H3/t27-,28-,29+,30?,31?,32-,36?,39-,40+,41+,42+;;/m0../s1. The molecule has 3 unspecified atom stereocenters. The molecule has 0 spiro atoms. The van der Waals surface area contributed by atoms with Crippen LogP contribution in [0.5, 0.6) is 0 Å². The molecule has 1 amide bonds. The summed E-state index contributed by atoms with van der Waals surface area (Å²) in [5.74, 6) is 1.83. The third-order valence-corrected chi connectivity index (χ3v) is 16.6. The van der Waals surface area contributed by atoms with E-state index < -0.39 is 11.4 Å². The van der Waals surface area contributed by atoms with Gasteiger partial charge in [-0.3, -0.25) is 14.4 Å². The smallest absolute Gasteiger partial charge is 0.306 e. The summed E-state index contributed by atoms with van der Waals surface area (Å²) in [6.45, 7) is 32.9. The summed E-state index contributed by atoms with van der Waals surface area (Å²) in [5, 5.41) is 16.1. The first-order valence-electron chi connectivity index (χ1n) is 21.8. The Bertz CT molecular complexity index is 1330. The number of amides is 1. The maximum absolute atomic E-state index is 13.7. The number of carboxylic acid groups (broad SMARTS) is 1. The van der Waals surface area contributed by atoms with Gasteiger partial charge >= 0.3 is 11.9 Å². The number of ether oxygens (including phenoxy) is 1. The normalized spacial score (nSPS) is 41.0. The molecule has 1 heterocycles. The first-order chi connectivity index (χ1) is 24.8. The second-order valence-electron chi connectivity index (χ2n) is 20.2. The fraction of sp³-hybridized carbons (Fsp3) is 0.891. The molecule has 6 fully saturated rings. The van der Waals surface area contributed by atoms with Crippen LogP contribution < -0.4 is 10.6 Å². The fourth-order valence-electron chi connectivity index (χ4n) is 14.2. The lowest BCUT2D eigenvalue weighted by Crippen LogP contribution is -2.67.